The van der Waals surface area contributed by atoms with Crippen molar-refractivity contribution < 1.29 is 0 Å². The smallest absolute Gasteiger partial charge is 0.137 e. The van der Waals surface area contributed by atoms with Crippen LogP contribution in [0, 0.1) is 0 Å². The summed E-state index contributed by atoms with van der Waals surface area (Å²) in [6, 6.07) is 0. The Bertz CT molecular complexity index is 101. The molecule has 0 aliphatic heterocycles. The van der Waals surface area contributed by atoms with Crippen molar-refractivity contribution in [1.29, 1.82) is 0 Å². The van der Waals surface area contributed by atoms with Crippen LogP contribution in [0.5, 0.6) is 0 Å². The van der Waals surface area contributed by atoms with Gasteiger partial charge in [0.2, 0.25) is 0 Å². The van der Waals surface area contributed by atoms with E-state index in [0.29, 0.717) is 0 Å². The van der Waals surface area contributed by atoms with Crippen LogP contribution in [-0.4, -0.2) is 20.4 Å². The van der Waals surface area contributed by atoms with Crippen LogP contribution in [0.4, 0.5) is 0 Å². The number of rotatable bonds is 8. The Balaban J connectivity index is 3.24. The van der Waals surface area contributed by atoms with Gasteiger partial charge in [-0.15, -0.1) is 8.09 Å². The molecule has 1 heteroatoms. The lowest BCUT2D eigenvalue weighted by molar-refractivity contribution is 0.618. The van der Waals surface area contributed by atoms with Crippen LogP contribution in [0.3, 0.4) is 0 Å². The van der Waals surface area contributed by atoms with Gasteiger partial charge < -0.3 is 0 Å². The molecule has 0 fully saturated rings. The topological polar surface area (TPSA) is 0 Å². The summed E-state index contributed by atoms with van der Waals surface area (Å²) in [5.41, 5.74) is 0. The van der Waals surface area contributed by atoms with Gasteiger partial charge in [0.05, 0.1) is 0 Å². The summed E-state index contributed by atoms with van der Waals surface area (Å²) in [6.45, 7) is 9.54. The zero-order valence-corrected chi connectivity index (χ0v) is 11.5. The molecule has 0 aromatic heterocycles. The predicted octanol–water partition coefficient (Wildman–Crippen LogP) is 4.69. The van der Waals surface area contributed by atoms with Gasteiger partial charge >= 0.3 is 20.4 Å². The van der Waals surface area contributed by atoms with E-state index in [0.717, 1.165) is 8.09 Å². The van der Waals surface area contributed by atoms with E-state index in [2.05, 4.69) is 27.7 Å². The third-order valence-electron chi connectivity index (χ3n) is 3.05. The van der Waals surface area contributed by atoms with Gasteiger partial charge in [-0.25, -0.2) is 0 Å². The second-order valence-corrected chi connectivity index (χ2v) is 7.96. The van der Waals surface area contributed by atoms with Crippen LogP contribution >= 0.6 is 0 Å². The lowest BCUT2D eigenvalue weighted by atomic mass is 10.1. The third kappa shape index (κ3) is 9.08. The maximum atomic E-state index is 2.48. The molecule has 0 aliphatic carbocycles. The molecule has 0 aliphatic rings. The van der Waals surface area contributed by atoms with E-state index < -0.39 is 0 Å². The predicted molar refractivity (Wildman–Crippen MR) is 63.7 cm³/mol. The summed E-state index contributed by atoms with van der Waals surface area (Å²) in [4.78, 5) is 0. The lowest BCUT2D eigenvalue weighted by Crippen LogP contribution is -2.05. The molecule has 0 saturated heterocycles. The Morgan fingerprint density at radius 2 is 1.62 bits per heavy atom. The molecule has 0 bridgehead atoms. The van der Waals surface area contributed by atoms with Gasteiger partial charge in [0, 0.05) is 0 Å². The SMILES string of the molecule is CCCCCC[CH](C)[Mg][CH](C)CC. The van der Waals surface area contributed by atoms with Gasteiger partial charge in [0.15, 0.2) is 0 Å². The fourth-order valence-electron chi connectivity index (χ4n) is 1.89. The summed E-state index contributed by atoms with van der Waals surface area (Å²) in [5.74, 6) is 0. The van der Waals surface area contributed by atoms with Gasteiger partial charge in [0.1, 0.15) is 0 Å². The molecule has 0 radical (unpaired) electrons. The molecule has 0 aromatic carbocycles. The molecule has 13 heavy (non-hydrogen) atoms. The molecule has 2 atom stereocenters. The lowest BCUT2D eigenvalue weighted by Gasteiger charge is -2.13. The Kier molecular flexibility index (Phi) is 9.88. The average molecular weight is 195 g/mol. The molecular formula is C12H26Mg. The summed E-state index contributed by atoms with van der Waals surface area (Å²) >= 11 is 0.226. The highest BCUT2D eigenvalue weighted by molar-refractivity contribution is 6.39. The maximum absolute atomic E-state index is 2.48. The van der Waals surface area contributed by atoms with Crippen LogP contribution in [-0.2, 0) is 0 Å². The van der Waals surface area contributed by atoms with Crippen LogP contribution in [0.15, 0.2) is 0 Å². The first-order valence-corrected chi connectivity index (χ1v) is 7.83. The molecule has 0 amide bonds. The van der Waals surface area contributed by atoms with Crippen LogP contribution in [0.2, 0.25) is 8.09 Å². The standard InChI is InChI=1S/C8H17.C4H9.Mg/c1-3-5-7-8-6-4-2;1-3-4-2;/h3H,4-8H2,1-2H3;3H,4H2,1-2H3;. The van der Waals surface area contributed by atoms with Crippen LogP contribution in [0.25, 0.3) is 0 Å². The van der Waals surface area contributed by atoms with Gasteiger partial charge in [-0.3, -0.25) is 0 Å². The zero-order chi connectivity index (χ0) is 10.1. The fourth-order valence-corrected chi connectivity index (χ4v) is 4.12. The van der Waals surface area contributed by atoms with Crippen molar-refractivity contribution in [1.82, 2.24) is 0 Å². The van der Waals surface area contributed by atoms with Crippen molar-refractivity contribution in [3.05, 3.63) is 0 Å². The third-order valence-corrected chi connectivity index (χ3v) is 5.65. The molecule has 0 N–H and O–H groups in total. The maximum Gasteiger partial charge on any atom is 0.372 e. The van der Waals surface area contributed by atoms with E-state index in [1.54, 1.807) is 0 Å². The summed E-state index contributed by atoms with van der Waals surface area (Å²) < 4.78 is 2.16. The van der Waals surface area contributed by atoms with Crippen molar-refractivity contribution in [2.75, 3.05) is 0 Å². The Hall–Kier alpha value is 0.766. The minimum Gasteiger partial charge on any atom is -0.137 e. The minimum absolute atomic E-state index is 0.226. The van der Waals surface area contributed by atoms with E-state index in [9.17, 15) is 0 Å². The summed E-state index contributed by atoms with van der Waals surface area (Å²) in [5, 5.41) is 0. The van der Waals surface area contributed by atoms with E-state index in [1.165, 1.54) is 38.5 Å². The largest absolute Gasteiger partial charge is 0.372 e. The van der Waals surface area contributed by atoms with Crippen molar-refractivity contribution in [3.63, 3.8) is 0 Å². The number of unbranched alkanes of at least 4 members (excludes halogenated alkanes) is 3. The molecule has 76 valence electrons. The zero-order valence-electron chi connectivity index (χ0n) is 10.1. The Morgan fingerprint density at radius 1 is 0.923 bits per heavy atom. The average Bonchev–Trinajstić information content (AvgIpc) is 2.12. The van der Waals surface area contributed by atoms with Gasteiger partial charge in [-0.1, -0.05) is 66.2 Å². The van der Waals surface area contributed by atoms with Crippen molar-refractivity contribution >= 4 is 20.4 Å². The van der Waals surface area contributed by atoms with Crippen LogP contribution in [0.1, 0.15) is 66.2 Å². The number of hydrogen-bond acceptors (Lipinski definition) is 0. The normalized spacial score (nSPS) is 15.1. The molecule has 0 saturated carbocycles. The quantitative estimate of drug-likeness (QED) is 0.389. The van der Waals surface area contributed by atoms with Crippen molar-refractivity contribution in [2.45, 2.75) is 74.3 Å². The van der Waals surface area contributed by atoms with Crippen molar-refractivity contribution in [2.24, 2.45) is 0 Å². The first-order chi connectivity index (χ1) is 6.20. The van der Waals surface area contributed by atoms with Crippen LogP contribution < -0.4 is 0 Å². The molecule has 0 spiro atoms. The molecule has 0 aromatic rings. The second kappa shape index (κ2) is 9.33. The molecule has 0 heterocycles. The fraction of sp³-hybridized carbons (Fsp3) is 1.00. The van der Waals surface area contributed by atoms with Gasteiger partial charge in [0.25, 0.3) is 0 Å². The minimum atomic E-state index is 0.226. The monoisotopic (exact) mass is 194 g/mol. The molecule has 2 unspecified atom stereocenters. The number of hydrogen-bond donors (Lipinski definition) is 0. The van der Waals surface area contributed by atoms with Crippen molar-refractivity contribution in [3.8, 4) is 0 Å². The Morgan fingerprint density at radius 3 is 2.15 bits per heavy atom. The Labute approximate surface area is 94.6 Å². The van der Waals surface area contributed by atoms with Gasteiger partial charge in [-0.2, -0.15) is 0 Å². The first-order valence-electron chi connectivity index (χ1n) is 6.20. The highest BCUT2D eigenvalue weighted by atomic mass is 24.5. The molecular weight excluding hydrogens is 168 g/mol. The highest BCUT2D eigenvalue weighted by Gasteiger charge is 2.11. The van der Waals surface area contributed by atoms with Gasteiger partial charge in [-0.05, 0) is 0 Å². The summed E-state index contributed by atoms with van der Waals surface area (Å²) in [7, 11) is 0. The molecule has 0 rings (SSSR count). The van der Waals surface area contributed by atoms with E-state index in [4.69, 9.17) is 0 Å². The molecule has 0 nitrogen and oxygen atoms in total. The first kappa shape index (κ1) is 13.8. The van der Waals surface area contributed by atoms with E-state index >= 15 is 0 Å². The highest BCUT2D eigenvalue weighted by Crippen LogP contribution is 2.20. The van der Waals surface area contributed by atoms with E-state index in [-0.39, 0.29) is 20.4 Å². The van der Waals surface area contributed by atoms with E-state index in [1.807, 2.05) is 0 Å². The summed E-state index contributed by atoms with van der Waals surface area (Å²) in [6.07, 6.45) is 8.69. The second-order valence-electron chi connectivity index (χ2n) is 4.70.